The molecular formula is C16H24N2S. The van der Waals surface area contributed by atoms with Crippen molar-refractivity contribution in [2.75, 3.05) is 24.2 Å². The minimum Gasteiger partial charge on any atom is -0.366 e. The molecule has 1 heterocycles. The van der Waals surface area contributed by atoms with Crippen LogP contribution in [0.25, 0.3) is 0 Å². The van der Waals surface area contributed by atoms with Crippen LogP contribution in [0.1, 0.15) is 26.7 Å². The Labute approximate surface area is 121 Å². The number of hydrogen-bond donors (Lipinski definition) is 1. The van der Waals surface area contributed by atoms with Crippen molar-refractivity contribution in [3.05, 3.63) is 24.3 Å². The van der Waals surface area contributed by atoms with E-state index in [1.165, 1.54) is 23.4 Å². The maximum absolute atomic E-state index is 3.79. The van der Waals surface area contributed by atoms with Crippen LogP contribution in [0, 0.1) is 5.92 Å². The highest BCUT2D eigenvalue weighted by Gasteiger charge is 2.45. The molecule has 1 saturated carbocycles. The first-order valence-corrected chi connectivity index (χ1v) is 8.50. The smallest absolute Gasteiger partial charge is 0.0387 e. The third-order valence-electron chi connectivity index (χ3n) is 4.70. The maximum Gasteiger partial charge on any atom is 0.0387 e. The minimum absolute atomic E-state index is 0.307. The normalized spacial score (nSPS) is 31.5. The lowest BCUT2D eigenvalue weighted by molar-refractivity contribution is 0.260. The van der Waals surface area contributed by atoms with Gasteiger partial charge >= 0.3 is 0 Å². The molecule has 0 spiro atoms. The van der Waals surface area contributed by atoms with Crippen molar-refractivity contribution >= 4 is 17.4 Å². The zero-order valence-corrected chi connectivity index (χ0v) is 13.0. The molecule has 1 aliphatic heterocycles. The molecule has 1 aromatic carbocycles. The molecule has 2 aliphatic rings. The van der Waals surface area contributed by atoms with Crippen LogP contribution in [0.2, 0.25) is 0 Å². The average Bonchev–Trinajstić information content (AvgIpc) is 3.27. The van der Waals surface area contributed by atoms with Crippen LogP contribution < -0.4 is 10.2 Å². The summed E-state index contributed by atoms with van der Waals surface area (Å²) >= 11 is 1.82. The fraction of sp³-hybridized carbons (Fsp3) is 0.625. The van der Waals surface area contributed by atoms with Gasteiger partial charge in [0.1, 0.15) is 0 Å². The summed E-state index contributed by atoms with van der Waals surface area (Å²) in [5.74, 6) is 0.881. The molecule has 0 bridgehead atoms. The van der Waals surface area contributed by atoms with Gasteiger partial charge in [0.25, 0.3) is 0 Å². The van der Waals surface area contributed by atoms with E-state index in [4.69, 9.17) is 0 Å². The Morgan fingerprint density at radius 3 is 2.84 bits per heavy atom. The summed E-state index contributed by atoms with van der Waals surface area (Å²) in [4.78, 5) is 3.95. The van der Waals surface area contributed by atoms with Crippen LogP contribution in [0.3, 0.4) is 0 Å². The second-order valence-electron chi connectivity index (χ2n) is 6.25. The molecule has 0 radical (unpaired) electrons. The van der Waals surface area contributed by atoms with Gasteiger partial charge in [-0.25, -0.2) is 0 Å². The minimum atomic E-state index is 0.307. The molecule has 1 aliphatic carbocycles. The third kappa shape index (κ3) is 2.63. The molecule has 1 saturated heterocycles. The summed E-state index contributed by atoms with van der Waals surface area (Å²) in [6, 6.07) is 9.55. The molecule has 104 valence electrons. The standard InChI is InChI=1S/C16H24N2S/c1-12-10-17-16(2,13-7-8-13)11-18(12)14-5-4-6-15(9-14)19-3/h4-6,9,12-13,17H,7-8,10-11H2,1-3H3. The number of piperazine rings is 1. The first kappa shape index (κ1) is 13.3. The van der Waals surface area contributed by atoms with E-state index in [0.29, 0.717) is 11.6 Å². The summed E-state index contributed by atoms with van der Waals surface area (Å²) in [6.07, 6.45) is 4.95. The van der Waals surface area contributed by atoms with Crippen LogP contribution in [-0.2, 0) is 0 Å². The van der Waals surface area contributed by atoms with Crippen molar-refractivity contribution in [3.8, 4) is 0 Å². The zero-order valence-electron chi connectivity index (χ0n) is 12.1. The number of nitrogens with zero attached hydrogens (tertiary/aromatic N) is 1. The summed E-state index contributed by atoms with van der Waals surface area (Å²) in [5, 5.41) is 3.79. The van der Waals surface area contributed by atoms with Crippen LogP contribution in [0.15, 0.2) is 29.2 Å². The largest absolute Gasteiger partial charge is 0.366 e. The fourth-order valence-electron chi connectivity index (χ4n) is 3.19. The Morgan fingerprint density at radius 2 is 2.16 bits per heavy atom. The Kier molecular flexibility index (Phi) is 3.52. The number of hydrogen-bond acceptors (Lipinski definition) is 3. The fourth-order valence-corrected chi connectivity index (χ4v) is 3.64. The van der Waals surface area contributed by atoms with Gasteiger partial charge in [-0.05, 0) is 57.1 Å². The van der Waals surface area contributed by atoms with E-state index in [1.54, 1.807) is 0 Å². The summed E-state index contributed by atoms with van der Waals surface area (Å²) < 4.78 is 0. The zero-order chi connectivity index (χ0) is 13.5. The first-order chi connectivity index (χ1) is 9.12. The van der Waals surface area contributed by atoms with E-state index in [2.05, 4.69) is 54.6 Å². The molecule has 2 atom stereocenters. The molecule has 3 heteroatoms. The van der Waals surface area contributed by atoms with Gasteiger partial charge in [-0.3, -0.25) is 0 Å². The van der Waals surface area contributed by atoms with Gasteiger partial charge in [-0.2, -0.15) is 0 Å². The van der Waals surface area contributed by atoms with E-state index < -0.39 is 0 Å². The second kappa shape index (κ2) is 5.02. The van der Waals surface area contributed by atoms with Crippen LogP contribution in [-0.4, -0.2) is 30.9 Å². The molecule has 19 heavy (non-hydrogen) atoms. The van der Waals surface area contributed by atoms with E-state index in [1.807, 2.05) is 11.8 Å². The van der Waals surface area contributed by atoms with Gasteiger partial charge in [0.15, 0.2) is 0 Å². The Bertz CT molecular complexity index is 458. The number of nitrogens with one attached hydrogen (secondary N) is 1. The number of anilines is 1. The van der Waals surface area contributed by atoms with Crippen LogP contribution in [0.5, 0.6) is 0 Å². The van der Waals surface area contributed by atoms with E-state index in [-0.39, 0.29) is 0 Å². The van der Waals surface area contributed by atoms with Crippen LogP contribution >= 0.6 is 11.8 Å². The van der Waals surface area contributed by atoms with Crippen molar-refractivity contribution in [2.45, 2.75) is 43.2 Å². The highest BCUT2D eigenvalue weighted by molar-refractivity contribution is 7.98. The number of rotatable bonds is 3. The van der Waals surface area contributed by atoms with Gasteiger partial charge in [0.05, 0.1) is 0 Å². The van der Waals surface area contributed by atoms with Crippen molar-refractivity contribution in [1.82, 2.24) is 5.32 Å². The first-order valence-electron chi connectivity index (χ1n) is 7.28. The Hall–Kier alpha value is -0.670. The Morgan fingerprint density at radius 1 is 1.37 bits per heavy atom. The summed E-state index contributed by atoms with van der Waals surface area (Å²) in [6.45, 7) is 6.96. The van der Waals surface area contributed by atoms with E-state index in [9.17, 15) is 0 Å². The highest BCUT2D eigenvalue weighted by Crippen LogP contribution is 2.42. The topological polar surface area (TPSA) is 15.3 Å². The van der Waals surface area contributed by atoms with Gasteiger partial charge < -0.3 is 10.2 Å². The van der Waals surface area contributed by atoms with Gasteiger partial charge in [0, 0.05) is 35.3 Å². The van der Waals surface area contributed by atoms with Gasteiger partial charge in [0.2, 0.25) is 0 Å². The molecule has 1 N–H and O–H groups in total. The van der Waals surface area contributed by atoms with Crippen molar-refractivity contribution in [1.29, 1.82) is 0 Å². The van der Waals surface area contributed by atoms with Crippen molar-refractivity contribution in [3.63, 3.8) is 0 Å². The highest BCUT2D eigenvalue weighted by atomic mass is 32.2. The quantitative estimate of drug-likeness (QED) is 0.852. The monoisotopic (exact) mass is 276 g/mol. The predicted molar refractivity (Wildman–Crippen MR) is 84.2 cm³/mol. The molecule has 2 nitrogen and oxygen atoms in total. The van der Waals surface area contributed by atoms with Gasteiger partial charge in [-0.15, -0.1) is 11.8 Å². The van der Waals surface area contributed by atoms with Crippen molar-refractivity contribution < 1.29 is 0 Å². The lowest BCUT2D eigenvalue weighted by Gasteiger charge is -2.47. The molecule has 3 rings (SSSR count). The molecule has 0 aromatic heterocycles. The average molecular weight is 276 g/mol. The molecule has 2 fully saturated rings. The summed E-state index contributed by atoms with van der Waals surface area (Å²) in [5.41, 5.74) is 1.69. The van der Waals surface area contributed by atoms with Gasteiger partial charge in [-0.1, -0.05) is 6.07 Å². The van der Waals surface area contributed by atoms with E-state index in [0.717, 1.165) is 19.0 Å². The Balaban J connectivity index is 1.84. The second-order valence-corrected chi connectivity index (χ2v) is 7.13. The molecule has 0 amide bonds. The lowest BCUT2D eigenvalue weighted by Crippen LogP contribution is -2.63. The predicted octanol–water partition coefficient (Wildman–Crippen LogP) is 3.38. The molecular weight excluding hydrogens is 252 g/mol. The van der Waals surface area contributed by atoms with Crippen LogP contribution in [0.4, 0.5) is 5.69 Å². The molecule has 2 unspecified atom stereocenters. The molecule has 1 aromatic rings. The SMILES string of the molecule is CSc1cccc(N2CC(C)(C3CC3)NCC2C)c1. The maximum atomic E-state index is 3.79. The third-order valence-corrected chi connectivity index (χ3v) is 5.42. The number of benzene rings is 1. The number of thioether (sulfide) groups is 1. The lowest BCUT2D eigenvalue weighted by atomic mass is 9.91. The van der Waals surface area contributed by atoms with Crippen molar-refractivity contribution in [2.24, 2.45) is 5.92 Å². The van der Waals surface area contributed by atoms with E-state index >= 15 is 0 Å². The summed E-state index contributed by atoms with van der Waals surface area (Å²) in [7, 11) is 0.